The topological polar surface area (TPSA) is 84.9 Å². The van der Waals surface area contributed by atoms with Gasteiger partial charge in [0, 0.05) is 0 Å². The average molecular weight is 236 g/mol. The van der Waals surface area contributed by atoms with Crippen LogP contribution >= 0.6 is 0 Å². The molecule has 0 bridgehead atoms. The van der Waals surface area contributed by atoms with Crippen LogP contribution in [0.2, 0.25) is 0 Å². The van der Waals surface area contributed by atoms with Crippen molar-refractivity contribution in [2.24, 2.45) is 5.73 Å². The zero-order valence-electron chi connectivity index (χ0n) is 10.7. The molecule has 5 nitrogen and oxygen atoms in total. The van der Waals surface area contributed by atoms with Crippen molar-refractivity contribution >= 4 is 5.84 Å². The van der Waals surface area contributed by atoms with Gasteiger partial charge in [-0.05, 0) is 24.8 Å². The van der Waals surface area contributed by atoms with Crippen molar-refractivity contribution in [3.05, 3.63) is 16.8 Å². The van der Waals surface area contributed by atoms with Crippen LogP contribution in [0.15, 0.2) is 0 Å². The van der Waals surface area contributed by atoms with Crippen LogP contribution in [-0.2, 0) is 12.8 Å². The number of nitrogens with one attached hydrogen (secondary N) is 1. The summed E-state index contributed by atoms with van der Waals surface area (Å²) in [4.78, 5) is 0. The highest BCUT2D eigenvalue weighted by atomic mass is 16.5. The Balaban J connectivity index is 3.26. The molecular weight excluding hydrogens is 216 g/mol. The Bertz CT molecular complexity index is 404. The van der Waals surface area contributed by atoms with Gasteiger partial charge in [0.15, 0.2) is 0 Å². The van der Waals surface area contributed by atoms with E-state index in [9.17, 15) is 0 Å². The Morgan fingerprint density at radius 2 is 1.94 bits per heavy atom. The summed E-state index contributed by atoms with van der Waals surface area (Å²) in [5.74, 6) is 0.381. The van der Waals surface area contributed by atoms with Crippen molar-refractivity contribution in [3.63, 3.8) is 0 Å². The molecule has 17 heavy (non-hydrogen) atoms. The maximum Gasteiger partial charge on any atom is 0.244 e. The molecular formula is C12H20N4O. The van der Waals surface area contributed by atoms with E-state index in [-0.39, 0.29) is 5.84 Å². The first-order valence-corrected chi connectivity index (χ1v) is 6.01. The summed E-state index contributed by atoms with van der Waals surface area (Å²) in [6.07, 6.45) is 2.44. The van der Waals surface area contributed by atoms with E-state index in [2.05, 4.69) is 10.2 Å². The maximum absolute atomic E-state index is 7.66. The molecule has 0 atom stereocenters. The normalized spacial score (nSPS) is 10.3. The smallest absolute Gasteiger partial charge is 0.244 e. The molecule has 0 spiro atoms. The van der Waals surface area contributed by atoms with Gasteiger partial charge in [0.1, 0.15) is 5.84 Å². The fourth-order valence-electron chi connectivity index (χ4n) is 1.73. The maximum atomic E-state index is 7.66. The molecule has 1 aromatic rings. The summed E-state index contributed by atoms with van der Waals surface area (Å²) in [6, 6.07) is 0. The van der Waals surface area contributed by atoms with E-state index < -0.39 is 0 Å². The fraction of sp³-hybridized carbons (Fsp3) is 0.583. The van der Waals surface area contributed by atoms with E-state index >= 15 is 0 Å². The molecule has 3 N–H and O–H groups in total. The monoisotopic (exact) mass is 236 g/mol. The van der Waals surface area contributed by atoms with Crippen LogP contribution < -0.4 is 10.5 Å². The quantitative estimate of drug-likeness (QED) is 0.581. The third kappa shape index (κ3) is 2.93. The van der Waals surface area contributed by atoms with Gasteiger partial charge in [-0.3, -0.25) is 5.41 Å². The van der Waals surface area contributed by atoms with Gasteiger partial charge in [-0.25, -0.2) is 0 Å². The minimum atomic E-state index is -0.00227. The molecule has 1 aromatic heterocycles. The summed E-state index contributed by atoms with van der Waals surface area (Å²) in [5, 5.41) is 15.8. The van der Waals surface area contributed by atoms with Crippen molar-refractivity contribution in [2.75, 3.05) is 6.61 Å². The Morgan fingerprint density at radius 1 is 1.24 bits per heavy atom. The Morgan fingerprint density at radius 3 is 2.41 bits per heavy atom. The van der Waals surface area contributed by atoms with Gasteiger partial charge in [-0.15, -0.1) is 5.10 Å². The van der Waals surface area contributed by atoms with Crippen LogP contribution in [0.5, 0.6) is 5.88 Å². The minimum absolute atomic E-state index is 0.00227. The molecule has 0 saturated heterocycles. The molecule has 94 valence electrons. The van der Waals surface area contributed by atoms with Gasteiger partial charge in [-0.2, -0.15) is 5.10 Å². The third-order valence-electron chi connectivity index (χ3n) is 2.53. The molecule has 0 aliphatic rings. The van der Waals surface area contributed by atoms with Crippen LogP contribution in [0.1, 0.15) is 44.0 Å². The number of hydrogen-bond donors (Lipinski definition) is 2. The lowest BCUT2D eigenvalue weighted by atomic mass is 10.0. The van der Waals surface area contributed by atoms with Gasteiger partial charge in [0.2, 0.25) is 5.88 Å². The van der Waals surface area contributed by atoms with E-state index in [4.69, 9.17) is 15.9 Å². The van der Waals surface area contributed by atoms with Crippen LogP contribution in [0.4, 0.5) is 0 Å². The highest BCUT2D eigenvalue weighted by Gasteiger charge is 2.17. The minimum Gasteiger partial charge on any atom is -0.476 e. The molecule has 5 heteroatoms. The first kappa shape index (κ1) is 13.4. The predicted molar refractivity (Wildman–Crippen MR) is 67.6 cm³/mol. The van der Waals surface area contributed by atoms with Gasteiger partial charge >= 0.3 is 0 Å². The summed E-state index contributed by atoms with van der Waals surface area (Å²) in [6.45, 7) is 6.61. The lowest BCUT2D eigenvalue weighted by molar-refractivity contribution is 0.300. The van der Waals surface area contributed by atoms with Crippen LogP contribution in [0.25, 0.3) is 0 Å². The third-order valence-corrected chi connectivity index (χ3v) is 2.53. The van der Waals surface area contributed by atoms with E-state index in [1.54, 1.807) is 0 Å². The van der Waals surface area contributed by atoms with Crippen LogP contribution in [0.3, 0.4) is 0 Å². The van der Waals surface area contributed by atoms with E-state index in [1.165, 1.54) is 0 Å². The second kappa shape index (κ2) is 6.18. The molecule has 0 saturated carbocycles. The molecule has 0 aromatic carbocycles. The largest absolute Gasteiger partial charge is 0.476 e. The van der Waals surface area contributed by atoms with Crippen molar-refractivity contribution < 1.29 is 4.74 Å². The Hall–Kier alpha value is -1.65. The van der Waals surface area contributed by atoms with Crippen molar-refractivity contribution in [2.45, 2.75) is 40.0 Å². The number of amidine groups is 1. The molecule has 0 unspecified atom stereocenters. The lowest BCUT2D eigenvalue weighted by Gasteiger charge is -2.14. The van der Waals surface area contributed by atoms with Crippen LogP contribution in [0, 0.1) is 5.41 Å². The molecule has 0 fully saturated rings. The van der Waals surface area contributed by atoms with Gasteiger partial charge in [-0.1, -0.05) is 20.8 Å². The number of rotatable bonds is 6. The predicted octanol–water partition coefficient (Wildman–Crippen LogP) is 1.67. The number of ether oxygens (including phenoxy) is 1. The summed E-state index contributed by atoms with van der Waals surface area (Å²) in [5.41, 5.74) is 8.09. The Kier molecular flexibility index (Phi) is 4.87. The molecule has 0 radical (unpaired) electrons. The molecule has 1 rings (SSSR count). The molecule has 1 heterocycles. The number of nitrogens with zero attached hydrogens (tertiary/aromatic N) is 2. The number of aryl methyl sites for hydroxylation is 1. The van der Waals surface area contributed by atoms with Gasteiger partial charge in [0.25, 0.3) is 0 Å². The molecule has 0 aliphatic carbocycles. The fourth-order valence-corrected chi connectivity index (χ4v) is 1.73. The summed E-state index contributed by atoms with van der Waals surface area (Å²) < 4.78 is 5.50. The number of aromatic nitrogens is 2. The highest BCUT2D eigenvalue weighted by molar-refractivity contribution is 5.98. The first-order chi connectivity index (χ1) is 8.15. The number of nitrogens with two attached hydrogens (primary N) is 1. The first-order valence-electron chi connectivity index (χ1n) is 6.01. The highest BCUT2D eigenvalue weighted by Crippen LogP contribution is 2.22. The van der Waals surface area contributed by atoms with E-state index in [0.29, 0.717) is 18.1 Å². The van der Waals surface area contributed by atoms with Crippen molar-refractivity contribution in [1.82, 2.24) is 10.2 Å². The van der Waals surface area contributed by atoms with Crippen molar-refractivity contribution in [3.8, 4) is 5.88 Å². The number of hydrogen-bond acceptors (Lipinski definition) is 4. The van der Waals surface area contributed by atoms with E-state index in [1.807, 2.05) is 20.8 Å². The summed E-state index contributed by atoms with van der Waals surface area (Å²) in [7, 11) is 0. The van der Waals surface area contributed by atoms with Crippen molar-refractivity contribution in [1.29, 1.82) is 5.41 Å². The molecule has 0 aliphatic heterocycles. The zero-order chi connectivity index (χ0) is 12.8. The second-order valence-electron chi connectivity index (χ2n) is 3.77. The standard InChI is InChI=1S/C12H20N4O/c1-4-7-17-12-10(11(13)14)8(5-2)9(6-3)15-16-12/h4-7H2,1-3H3,(H3,13,14). The average Bonchev–Trinajstić information content (AvgIpc) is 2.34. The SMILES string of the molecule is CCCOc1nnc(CC)c(CC)c1C(=N)N. The number of nitrogen functional groups attached to an aromatic ring is 1. The summed E-state index contributed by atoms with van der Waals surface area (Å²) >= 11 is 0. The van der Waals surface area contributed by atoms with Crippen LogP contribution in [-0.4, -0.2) is 22.6 Å². The van der Waals surface area contributed by atoms with E-state index in [0.717, 1.165) is 30.5 Å². The second-order valence-corrected chi connectivity index (χ2v) is 3.77. The Labute approximate surface area is 102 Å². The van der Waals surface area contributed by atoms with Gasteiger partial charge < -0.3 is 10.5 Å². The molecule has 0 amide bonds. The van der Waals surface area contributed by atoms with Gasteiger partial charge in [0.05, 0.1) is 17.9 Å². The zero-order valence-corrected chi connectivity index (χ0v) is 10.7. The lowest BCUT2D eigenvalue weighted by Crippen LogP contribution is -2.19.